The van der Waals surface area contributed by atoms with E-state index < -0.39 is 52.1 Å². The Kier molecular flexibility index (Phi) is 2.18. The van der Waals surface area contributed by atoms with Gasteiger partial charge in [0.25, 0.3) is 0 Å². The van der Waals surface area contributed by atoms with Gasteiger partial charge in [0, 0.05) is 5.56 Å². The lowest BCUT2D eigenvalue weighted by molar-refractivity contribution is 0.0921. The molecule has 0 unspecified atom stereocenters. The first kappa shape index (κ1) is 10.6. The quantitative estimate of drug-likeness (QED) is 0.544. The summed E-state index contributed by atoms with van der Waals surface area (Å²) in [7, 11) is 0. The fourth-order valence-electron chi connectivity index (χ4n) is 1.70. The zero-order valence-electron chi connectivity index (χ0n) is 7.94. The average molecular weight is 226 g/mol. The van der Waals surface area contributed by atoms with Gasteiger partial charge in [-0.3, -0.25) is 9.59 Å². The van der Waals surface area contributed by atoms with Gasteiger partial charge in [0.15, 0.2) is 23.2 Å². The third kappa shape index (κ3) is 1.14. The molecule has 0 spiro atoms. The van der Waals surface area contributed by atoms with Crippen LogP contribution in [0.5, 0.6) is 0 Å². The summed E-state index contributed by atoms with van der Waals surface area (Å²) in [5.74, 6) is -5.93. The van der Waals surface area contributed by atoms with E-state index in [1.54, 1.807) is 0 Å². The Balaban J connectivity index is 2.94. The highest BCUT2D eigenvalue weighted by Crippen LogP contribution is 2.32. The van der Waals surface area contributed by atoms with Gasteiger partial charge in [0.2, 0.25) is 0 Å². The lowest BCUT2D eigenvalue weighted by Gasteiger charge is -2.06. The van der Waals surface area contributed by atoms with Crippen LogP contribution in [0.4, 0.5) is 13.2 Å². The summed E-state index contributed by atoms with van der Waals surface area (Å²) < 4.78 is 40.2. The molecule has 0 radical (unpaired) electrons. The number of hydrogen-bond acceptors (Lipinski definition) is 2. The van der Waals surface area contributed by atoms with Crippen molar-refractivity contribution in [1.82, 2.24) is 0 Å². The highest BCUT2D eigenvalue weighted by Gasteiger charge is 2.37. The zero-order chi connectivity index (χ0) is 12.0. The lowest BCUT2D eigenvalue weighted by Crippen LogP contribution is -2.06. The molecule has 1 aliphatic rings. The van der Waals surface area contributed by atoms with Gasteiger partial charge in [-0.1, -0.05) is 12.7 Å². The molecule has 2 nitrogen and oxygen atoms in total. The number of benzene rings is 1. The highest BCUT2D eigenvalue weighted by molar-refractivity contribution is 6.24. The molecule has 0 bridgehead atoms. The molecule has 0 aromatic heterocycles. The van der Waals surface area contributed by atoms with E-state index in [4.69, 9.17) is 0 Å². The molecule has 1 aromatic carbocycles. The van der Waals surface area contributed by atoms with Crippen molar-refractivity contribution in [1.29, 1.82) is 0 Å². The van der Waals surface area contributed by atoms with E-state index in [2.05, 4.69) is 6.58 Å². The predicted octanol–water partition coefficient (Wildman–Crippen LogP) is 2.52. The van der Waals surface area contributed by atoms with E-state index in [1.165, 1.54) is 0 Å². The third-order valence-corrected chi connectivity index (χ3v) is 2.44. The van der Waals surface area contributed by atoms with Crippen LogP contribution in [0.15, 0.2) is 6.58 Å². The summed E-state index contributed by atoms with van der Waals surface area (Å²) in [4.78, 5) is 22.4. The van der Waals surface area contributed by atoms with E-state index in [0.29, 0.717) is 0 Å². The summed E-state index contributed by atoms with van der Waals surface area (Å²) in [5.41, 5.74) is -2.18. The highest BCUT2D eigenvalue weighted by atomic mass is 19.2. The van der Waals surface area contributed by atoms with Gasteiger partial charge in [-0.05, 0) is 0 Å². The van der Waals surface area contributed by atoms with Crippen molar-refractivity contribution < 1.29 is 22.8 Å². The van der Waals surface area contributed by atoms with Crippen molar-refractivity contribution in [3.8, 4) is 0 Å². The summed E-state index contributed by atoms with van der Waals surface area (Å²) in [6.45, 7) is 3.12. The second kappa shape index (κ2) is 3.30. The van der Waals surface area contributed by atoms with Gasteiger partial charge in [0.1, 0.15) is 5.82 Å². The lowest BCUT2D eigenvalue weighted by atomic mass is 10.0. The molecule has 5 heteroatoms. The van der Waals surface area contributed by atoms with Crippen molar-refractivity contribution in [3.05, 3.63) is 40.7 Å². The molecule has 0 fully saturated rings. The van der Waals surface area contributed by atoms with Crippen LogP contribution in [0.1, 0.15) is 32.7 Å². The smallest absolute Gasteiger partial charge is 0.174 e. The van der Waals surface area contributed by atoms with Gasteiger partial charge in [-0.25, -0.2) is 13.2 Å². The first-order chi connectivity index (χ1) is 7.49. The Bertz CT molecular complexity index is 547. The van der Waals surface area contributed by atoms with E-state index in [-0.39, 0.29) is 0 Å². The van der Waals surface area contributed by atoms with E-state index in [1.807, 2.05) is 0 Å². The number of carbonyl (C=O) groups is 2. The Morgan fingerprint density at radius 1 is 0.938 bits per heavy atom. The summed E-state index contributed by atoms with van der Waals surface area (Å²) in [6.07, 6.45) is 0.146. The fraction of sp³-hybridized carbons (Fsp3) is 0.0909. The third-order valence-electron chi connectivity index (χ3n) is 2.44. The summed E-state index contributed by atoms with van der Waals surface area (Å²) in [6, 6.07) is 0. The van der Waals surface area contributed by atoms with Gasteiger partial charge in [-0.2, -0.15) is 0 Å². The molecule has 0 amide bonds. The van der Waals surface area contributed by atoms with Crippen molar-refractivity contribution in [3.63, 3.8) is 0 Å². The Labute approximate surface area is 88.4 Å². The molecular formula is C11H5F3O2. The Morgan fingerprint density at radius 2 is 1.44 bits per heavy atom. The number of halogens is 3. The normalized spacial score (nSPS) is 14.2. The van der Waals surface area contributed by atoms with Gasteiger partial charge < -0.3 is 0 Å². The maximum atomic E-state index is 13.6. The first-order valence-electron chi connectivity index (χ1n) is 4.38. The second-order valence-corrected chi connectivity index (χ2v) is 3.33. The number of hydrogen-bond donors (Lipinski definition) is 0. The van der Waals surface area contributed by atoms with Gasteiger partial charge >= 0.3 is 0 Å². The van der Waals surface area contributed by atoms with E-state index >= 15 is 0 Å². The molecule has 0 N–H and O–H groups in total. The number of carbonyl (C=O) groups excluding carboxylic acids is 2. The molecule has 2 rings (SSSR count). The van der Waals surface area contributed by atoms with E-state index in [0.717, 1.165) is 6.08 Å². The molecular weight excluding hydrogens is 221 g/mol. The van der Waals surface area contributed by atoms with Crippen LogP contribution in [0.3, 0.4) is 0 Å². The van der Waals surface area contributed by atoms with Crippen molar-refractivity contribution in [2.75, 3.05) is 0 Å². The second-order valence-electron chi connectivity index (χ2n) is 3.33. The molecule has 1 aromatic rings. The minimum absolute atomic E-state index is 0.622. The minimum atomic E-state index is -1.49. The fourth-order valence-corrected chi connectivity index (χ4v) is 1.70. The standard InChI is InChI=1S/C11H5F3O2/c1-2-4-9(12)7-5(15)3-6(16)8(7)11(14)10(4)13/h2H,1,3H2. The molecule has 1 aliphatic carbocycles. The van der Waals surface area contributed by atoms with Crippen molar-refractivity contribution in [2.45, 2.75) is 6.42 Å². The van der Waals surface area contributed by atoms with Crippen LogP contribution >= 0.6 is 0 Å². The van der Waals surface area contributed by atoms with Crippen LogP contribution in [-0.2, 0) is 0 Å². The number of ketones is 2. The van der Waals surface area contributed by atoms with Crippen LogP contribution in [0.25, 0.3) is 6.08 Å². The SMILES string of the molecule is C=Cc1c(F)c(F)c2c(c1F)C(=O)CC2=O. The first-order valence-corrected chi connectivity index (χ1v) is 4.38. The van der Waals surface area contributed by atoms with Gasteiger partial charge in [-0.15, -0.1) is 0 Å². The van der Waals surface area contributed by atoms with Crippen molar-refractivity contribution in [2.24, 2.45) is 0 Å². The summed E-state index contributed by atoms with van der Waals surface area (Å²) >= 11 is 0. The Hall–Kier alpha value is -1.91. The molecule has 0 aliphatic heterocycles. The molecule has 16 heavy (non-hydrogen) atoms. The van der Waals surface area contributed by atoms with E-state index in [9.17, 15) is 22.8 Å². The van der Waals surface area contributed by atoms with Gasteiger partial charge in [0.05, 0.1) is 17.5 Å². The maximum absolute atomic E-state index is 13.6. The average Bonchev–Trinajstić information content (AvgIpc) is 2.52. The largest absolute Gasteiger partial charge is 0.294 e. The van der Waals surface area contributed by atoms with Crippen LogP contribution in [0, 0.1) is 17.5 Å². The van der Waals surface area contributed by atoms with Crippen LogP contribution in [-0.4, -0.2) is 11.6 Å². The molecule has 0 saturated heterocycles. The predicted molar refractivity (Wildman–Crippen MR) is 49.7 cm³/mol. The van der Waals surface area contributed by atoms with Crippen LogP contribution in [0.2, 0.25) is 0 Å². The molecule has 0 saturated carbocycles. The molecule has 0 heterocycles. The summed E-state index contributed by atoms with van der Waals surface area (Å²) in [5, 5.41) is 0. The number of rotatable bonds is 1. The monoisotopic (exact) mass is 226 g/mol. The molecule has 82 valence electrons. The zero-order valence-corrected chi connectivity index (χ0v) is 7.94. The Morgan fingerprint density at radius 3 is 1.94 bits per heavy atom. The number of Topliss-reactive ketones (excluding diaryl/α,β-unsaturated/α-hetero) is 2. The maximum Gasteiger partial charge on any atom is 0.174 e. The van der Waals surface area contributed by atoms with Crippen LogP contribution < -0.4 is 0 Å². The van der Waals surface area contributed by atoms with Crippen molar-refractivity contribution >= 4 is 17.6 Å². The minimum Gasteiger partial charge on any atom is -0.294 e. The number of fused-ring (bicyclic) bond motifs is 1. The molecule has 0 atom stereocenters. The topological polar surface area (TPSA) is 34.1 Å².